The second-order valence-corrected chi connectivity index (χ2v) is 10.4. The van der Waals surface area contributed by atoms with Crippen molar-refractivity contribution in [3.63, 3.8) is 0 Å². The Labute approximate surface area is 189 Å². The lowest BCUT2D eigenvalue weighted by Gasteiger charge is -2.41. The molecule has 3 aromatic heterocycles. The molecular formula is C22H25N7O2S. The zero-order valence-corrected chi connectivity index (χ0v) is 18.5. The quantitative estimate of drug-likeness (QED) is 0.629. The van der Waals surface area contributed by atoms with Crippen LogP contribution in [-0.4, -0.2) is 67.7 Å². The van der Waals surface area contributed by atoms with E-state index < -0.39 is 0 Å². The number of carbonyl (C=O) groups excluding carboxylic acids is 2. The second-order valence-electron chi connectivity index (χ2n) is 9.49. The molecule has 3 N–H and O–H groups in total. The maximum absolute atomic E-state index is 13.5. The second kappa shape index (κ2) is 6.99. The number of likely N-dealkylation sites (tertiary alicyclic amines) is 2. The minimum Gasteiger partial charge on any atom is -0.375 e. The Hall–Kier alpha value is -3.01. The van der Waals surface area contributed by atoms with Gasteiger partial charge in [-0.3, -0.25) is 9.59 Å². The van der Waals surface area contributed by atoms with Crippen molar-refractivity contribution in [2.24, 2.45) is 10.8 Å². The highest BCUT2D eigenvalue weighted by Gasteiger charge is 2.64. The summed E-state index contributed by atoms with van der Waals surface area (Å²) in [5.41, 5.74) is 7.52. The maximum Gasteiger partial charge on any atom is 0.273 e. The van der Waals surface area contributed by atoms with Crippen LogP contribution in [0.2, 0.25) is 0 Å². The number of amides is 2. The van der Waals surface area contributed by atoms with Crippen LogP contribution in [0.15, 0.2) is 24.0 Å². The first-order chi connectivity index (χ1) is 15.5. The molecule has 0 aromatic carbocycles. The van der Waals surface area contributed by atoms with Crippen LogP contribution in [0.4, 0.5) is 5.13 Å². The van der Waals surface area contributed by atoms with Gasteiger partial charge in [-0.05, 0) is 18.9 Å². The predicted octanol–water partition coefficient (Wildman–Crippen LogP) is 2.08. The van der Waals surface area contributed by atoms with E-state index in [0.717, 1.165) is 36.8 Å². The van der Waals surface area contributed by atoms with Crippen molar-refractivity contribution in [3.05, 3.63) is 35.4 Å². The molecule has 0 bridgehead atoms. The van der Waals surface area contributed by atoms with E-state index in [9.17, 15) is 9.59 Å². The molecule has 1 aliphatic carbocycles. The number of H-pyrrole nitrogens is 1. The van der Waals surface area contributed by atoms with Gasteiger partial charge in [0.25, 0.3) is 5.91 Å². The number of aromatic nitrogens is 4. The fraction of sp³-hybridized carbons (Fsp3) is 0.500. The Morgan fingerprint density at radius 1 is 1.09 bits per heavy atom. The van der Waals surface area contributed by atoms with E-state index in [1.165, 1.54) is 17.7 Å². The van der Waals surface area contributed by atoms with Gasteiger partial charge in [-0.25, -0.2) is 15.0 Å². The molecule has 2 amide bonds. The number of carbonyl (C=O) groups is 2. The number of nitrogens with one attached hydrogen (secondary N) is 1. The van der Waals surface area contributed by atoms with E-state index >= 15 is 0 Å². The maximum atomic E-state index is 13.5. The van der Waals surface area contributed by atoms with E-state index in [1.807, 2.05) is 21.2 Å². The van der Waals surface area contributed by atoms with Crippen LogP contribution in [0.1, 0.15) is 41.9 Å². The summed E-state index contributed by atoms with van der Waals surface area (Å²) >= 11 is 1.37. The standard InChI is InChI=1S/C22H25N7O2S/c23-20-27-14(8-32-20)7-16(30)28-9-21-4-1-2-5-22(21,10-28)12-29(11-21)19(31)17-15-3-6-24-18(15)26-13-25-17/h3,6,8,13H,1-2,4-5,7,9-12H2,(H2,23,27)(H,24,25,26). The van der Waals surface area contributed by atoms with Gasteiger partial charge in [0.15, 0.2) is 5.13 Å². The van der Waals surface area contributed by atoms with Crippen LogP contribution in [0, 0.1) is 10.8 Å². The largest absolute Gasteiger partial charge is 0.375 e. The minimum atomic E-state index is -0.0397. The number of nitrogens with zero attached hydrogens (tertiary/aromatic N) is 5. The van der Waals surface area contributed by atoms with Crippen LogP contribution in [0.5, 0.6) is 0 Å². The van der Waals surface area contributed by atoms with Crippen molar-refractivity contribution < 1.29 is 9.59 Å². The normalized spacial score (nSPS) is 27.0. The smallest absolute Gasteiger partial charge is 0.273 e. The average molecular weight is 452 g/mol. The zero-order valence-electron chi connectivity index (χ0n) is 17.7. The molecule has 2 saturated heterocycles. The van der Waals surface area contributed by atoms with Crippen molar-refractivity contribution in [2.75, 3.05) is 31.9 Å². The van der Waals surface area contributed by atoms with Gasteiger partial charge in [-0.2, -0.15) is 0 Å². The third-order valence-corrected chi connectivity index (χ3v) is 8.48. The number of hydrogen-bond acceptors (Lipinski definition) is 7. The van der Waals surface area contributed by atoms with Crippen molar-refractivity contribution in [3.8, 4) is 0 Å². The van der Waals surface area contributed by atoms with Gasteiger partial charge < -0.3 is 20.5 Å². The molecule has 0 spiro atoms. The lowest BCUT2D eigenvalue weighted by Crippen LogP contribution is -2.42. The van der Waals surface area contributed by atoms with Gasteiger partial charge in [0.1, 0.15) is 17.7 Å². The highest BCUT2D eigenvalue weighted by molar-refractivity contribution is 7.13. The zero-order chi connectivity index (χ0) is 21.9. The number of thiazole rings is 1. The number of aromatic amines is 1. The molecular weight excluding hydrogens is 426 g/mol. The number of nitrogens with two attached hydrogens (primary N) is 1. The summed E-state index contributed by atoms with van der Waals surface area (Å²) in [7, 11) is 0. The molecule has 2 aliphatic heterocycles. The van der Waals surface area contributed by atoms with Crippen LogP contribution in [-0.2, 0) is 11.2 Å². The van der Waals surface area contributed by atoms with Crippen LogP contribution in [0.3, 0.4) is 0 Å². The molecule has 2 unspecified atom stereocenters. The van der Waals surface area contributed by atoms with Crippen molar-refractivity contribution in [2.45, 2.75) is 32.1 Å². The highest BCUT2D eigenvalue weighted by Crippen LogP contribution is 2.60. The third kappa shape index (κ3) is 2.85. The summed E-state index contributed by atoms with van der Waals surface area (Å²) in [4.78, 5) is 46.4. The average Bonchev–Trinajstić information content (AvgIpc) is 3.53. The van der Waals surface area contributed by atoms with Gasteiger partial charge in [-0.1, -0.05) is 12.8 Å². The fourth-order valence-corrected chi connectivity index (χ4v) is 6.86. The minimum absolute atomic E-state index is 0.0390. The van der Waals surface area contributed by atoms with E-state index in [2.05, 4.69) is 19.9 Å². The summed E-state index contributed by atoms with van der Waals surface area (Å²) in [5.74, 6) is 0.0657. The number of rotatable bonds is 3. The number of hydrogen-bond donors (Lipinski definition) is 2. The molecule has 5 heterocycles. The van der Waals surface area contributed by atoms with Crippen LogP contribution in [0.25, 0.3) is 11.0 Å². The van der Waals surface area contributed by atoms with E-state index in [1.54, 1.807) is 6.20 Å². The predicted molar refractivity (Wildman–Crippen MR) is 120 cm³/mol. The van der Waals surface area contributed by atoms with E-state index in [0.29, 0.717) is 42.7 Å². The first kappa shape index (κ1) is 19.7. The molecule has 3 aliphatic rings. The molecule has 1 saturated carbocycles. The highest BCUT2D eigenvalue weighted by atomic mass is 32.1. The molecule has 2 atom stereocenters. The molecule has 32 heavy (non-hydrogen) atoms. The van der Waals surface area contributed by atoms with Crippen molar-refractivity contribution >= 4 is 39.3 Å². The van der Waals surface area contributed by atoms with Crippen LogP contribution >= 0.6 is 11.3 Å². The SMILES string of the molecule is Nc1nc(CC(=O)N2CC34CCCCC3(C2)CN(C(=O)c2ncnc3[nH]ccc23)C4)cs1. The fourth-order valence-electron chi connectivity index (χ4n) is 6.30. The van der Waals surface area contributed by atoms with Crippen molar-refractivity contribution in [1.29, 1.82) is 0 Å². The monoisotopic (exact) mass is 451 g/mol. The van der Waals surface area contributed by atoms with Gasteiger partial charge in [0, 0.05) is 48.6 Å². The first-order valence-corrected chi connectivity index (χ1v) is 11.9. The van der Waals surface area contributed by atoms with E-state index in [4.69, 9.17) is 5.73 Å². The van der Waals surface area contributed by atoms with Crippen molar-refractivity contribution in [1.82, 2.24) is 29.7 Å². The summed E-state index contributed by atoms with van der Waals surface area (Å²) in [6, 6.07) is 1.86. The summed E-state index contributed by atoms with van der Waals surface area (Å²) < 4.78 is 0. The van der Waals surface area contributed by atoms with Gasteiger partial charge in [-0.15, -0.1) is 11.3 Å². The molecule has 3 fully saturated rings. The summed E-state index contributed by atoms with van der Waals surface area (Å²) in [6.07, 6.45) is 7.90. The Morgan fingerprint density at radius 2 is 1.81 bits per heavy atom. The van der Waals surface area contributed by atoms with Gasteiger partial charge in [0.05, 0.1) is 17.5 Å². The Balaban J connectivity index is 1.25. The topological polar surface area (TPSA) is 121 Å². The molecule has 10 heteroatoms. The van der Waals surface area contributed by atoms with Crippen LogP contribution < -0.4 is 5.73 Å². The number of anilines is 1. The molecule has 6 rings (SSSR count). The lowest BCUT2D eigenvalue weighted by molar-refractivity contribution is -0.130. The summed E-state index contributed by atoms with van der Waals surface area (Å²) in [5, 5.41) is 3.11. The Morgan fingerprint density at radius 3 is 2.50 bits per heavy atom. The summed E-state index contributed by atoms with van der Waals surface area (Å²) in [6.45, 7) is 2.77. The van der Waals surface area contributed by atoms with Gasteiger partial charge in [0.2, 0.25) is 5.91 Å². The lowest BCUT2D eigenvalue weighted by atomic mass is 9.60. The number of nitrogen functional groups attached to an aromatic ring is 1. The Bertz CT molecular complexity index is 1200. The number of fused-ring (bicyclic) bond motifs is 1. The van der Waals surface area contributed by atoms with E-state index in [-0.39, 0.29) is 29.1 Å². The molecule has 0 radical (unpaired) electrons. The Kier molecular flexibility index (Phi) is 4.30. The molecule has 9 nitrogen and oxygen atoms in total. The molecule has 3 aromatic rings. The first-order valence-electron chi connectivity index (χ1n) is 11.0. The molecule has 166 valence electrons. The van der Waals surface area contributed by atoms with Gasteiger partial charge >= 0.3 is 0 Å². The third-order valence-electron chi connectivity index (χ3n) is 7.76.